The summed E-state index contributed by atoms with van der Waals surface area (Å²) < 4.78 is 7.37. The molecule has 0 radical (unpaired) electrons. The Morgan fingerprint density at radius 1 is 1.38 bits per heavy atom. The Morgan fingerprint density at radius 2 is 2.10 bits per heavy atom. The molecule has 0 spiro atoms. The van der Waals surface area contributed by atoms with Gasteiger partial charge in [-0.05, 0) is 38.5 Å². The minimum Gasteiger partial charge on any atom is -0.491 e. The van der Waals surface area contributed by atoms with E-state index in [-0.39, 0.29) is 6.10 Å². The lowest BCUT2D eigenvalue weighted by Gasteiger charge is -2.15. The molecule has 114 valence electrons. The van der Waals surface area contributed by atoms with Crippen LogP contribution in [0.15, 0.2) is 24.3 Å². The first-order valence-corrected chi connectivity index (χ1v) is 7.39. The summed E-state index contributed by atoms with van der Waals surface area (Å²) in [5.41, 5.74) is 2.41. The number of aromatic nitrogens is 2. The number of aliphatic hydroxyl groups excluding tert-OH is 1. The molecule has 2 rings (SSSR count). The van der Waals surface area contributed by atoms with Crippen LogP contribution in [-0.2, 0) is 13.5 Å². The number of nitrogens with zero attached hydrogens (tertiary/aromatic N) is 2. The van der Waals surface area contributed by atoms with E-state index >= 15 is 0 Å². The Labute approximate surface area is 130 Å². The third-order valence-electron chi connectivity index (χ3n) is 3.26. The Morgan fingerprint density at radius 3 is 2.67 bits per heavy atom. The summed E-state index contributed by atoms with van der Waals surface area (Å²) in [7, 11) is 1.83. The van der Waals surface area contributed by atoms with Crippen molar-refractivity contribution in [3.05, 3.63) is 46.2 Å². The fourth-order valence-electron chi connectivity index (χ4n) is 2.27. The molecule has 0 fully saturated rings. The van der Waals surface area contributed by atoms with Gasteiger partial charge in [-0.25, -0.2) is 0 Å². The molecule has 4 nitrogen and oxygen atoms in total. The second kappa shape index (κ2) is 6.50. The summed E-state index contributed by atoms with van der Waals surface area (Å²) in [6.07, 6.45) is -0.124. The van der Waals surface area contributed by atoms with Crippen LogP contribution in [0, 0.1) is 6.92 Å². The van der Waals surface area contributed by atoms with E-state index in [4.69, 9.17) is 16.3 Å². The monoisotopic (exact) mass is 308 g/mol. The maximum absolute atomic E-state index is 10.4. The van der Waals surface area contributed by atoms with Gasteiger partial charge in [-0.15, -0.1) is 0 Å². The molecule has 0 aliphatic heterocycles. The molecule has 1 aromatic carbocycles. The van der Waals surface area contributed by atoms with Crippen LogP contribution in [0.4, 0.5) is 0 Å². The van der Waals surface area contributed by atoms with E-state index in [1.807, 2.05) is 52.1 Å². The van der Waals surface area contributed by atoms with E-state index in [9.17, 15) is 5.11 Å². The number of aryl methyl sites for hydroxylation is 2. The van der Waals surface area contributed by atoms with Crippen molar-refractivity contribution in [2.24, 2.45) is 7.05 Å². The quantitative estimate of drug-likeness (QED) is 0.920. The van der Waals surface area contributed by atoms with Gasteiger partial charge in [-0.2, -0.15) is 5.10 Å². The van der Waals surface area contributed by atoms with Gasteiger partial charge in [0.2, 0.25) is 0 Å². The van der Waals surface area contributed by atoms with Gasteiger partial charge in [0, 0.05) is 13.5 Å². The Hall–Kier alpha value is -1.52. The molecule has 0 amide bonds. The molecule has 1 aromatic heterocycles. The molecule has 1 heterocycles. The zero-order valence-electron chi connectivity index (χ0n) is 12.8. The van der Waals surface area contributed by atoms with Crippen molar-refractivity contribution in [3.8, 4) is 5.75 Å². The molecule has 1 atom stereocenters. The van der Waals surface area contributed by atoms with Crippen LogP contribution < -0.4 is 4.74 Å². The Balaban J connectivity index is 2.18. The number of halogens is 1. The van der Waals surface area contributed by atoms with E-state index in [0.717, 1.165) is 22.7 Å². The molecule has 0 bridgehead atoms. The van der Waals surface area contributed by atoms with Gasteiger partial charge in [0.05, 0.1) is 28.6 Å². The van der Waals surface area contributed by atoms with E-state index in [1.54, 1.807) is 4.68 Å². The maximum Gasteiger partial charge on any atom is 0.120 e. The maximum atomic E-state index is 10.4. The van der Waals surface area contributed by atoms with Gasteiger partial charge >= 0.3 is 0 Å². The smallest absolute Gasteiger partial charge is 0.120 e. The molecule has 0 aliphatic carbocycles. The molecule has 0 aliphatic rings. The van der Waals surface area contributed by atoms with Crippen molar-refractivity contribution in [1.29, 1.82) is 0 Å². The van der Waals surface area contributed by atoms with Gasteiger partial charge < -0.3 is 9.84 Å². The van der Waals surface area contributed by atoms with Crippen molar-refractivity contribution >= 4 is 11.6 Å². The normalized spacial score (nSPS) is 12.7. The first-order valence-electron chi connectivity index (χ1n) is 7.01. The average molecular weight is 309 g/mol. The minimum atomic E-state index is -0.645. The lowest BCUT2D eigenvalue weighted by molar-refractivity contribution is 0.174. The molecule has 0 saturated heterocycles. The fraction of sp³-hybridized carbons (Fsp3) is 0.438. The summed E-state index contributed by atoms with van der Waals surface area (Å²) in [6.45, 7) is 5.80. The number of benzene rings is 1. The molecule has 2 aromatic rings. The Kier molecular flexibility index (Phi) is 4.91. The molecule has 1 unspecified atom stereocenters. The van der Waals surface area contributed by atoms with E-state index in [0.29, 0.717) is 11.4 Å². The largest absolute Gasteiger partial charge is 0.491 e. The van der Waals surface area contributed by atoms with Crippen molar-refractivity contribution in [2.75, 3.05) is 0 Å². The topological polar surface area (TPSA) is 47.3 Å². The van der Waals surface area contributed by atoms with Crippen molar-refractivity contribution < 1.29 is 9.84 Å². The second-order valence-electron chi connectivity index (χ2n) is 5.43. The molecule has 0 saturated carbocycles. The first kappa shape index (κ1) is 15.9. The summed E-state index contributed by atoms with van der Waals surface area (Å²) in [5, 5.41) is 15.3. The number of aliphatic hydroxyl groups is 1. The molecule has 5 heteroatoms. The van der Waals surface area contributed by atoms with Crippen LogP contribution in [0.5, 0.6) is 5.75 Å². The standard InChI is InChI=1S/C16H21ClN2O2/c1-10(2)21-13-7-5-6-12(8-13)15(20)9-14-16(17)11(3)18-19(14)4/h5-8,10,15,20H,9H2,1-4H3. The van der Waals surface area contributed by atoms with Crippen LogP contribution in [0.25, 0.3) is 0 Å². The highest BCUT2D eigenvalue weighted by atomic mass is 35.5. The van der Waals surface area contributed by atoms with Crippen LogP contribution in [0.3, 0.4) is 0 Å². The highest BCUT2D eigenvalue weighted by Crippen LogP contribution is 2.27. The van der Waals surface area contributed by atoms with Crippen LogP contribution >= 0.6 is 11.6 Å². The second-order valence-corrected chi connectivity index (χ2v) is 5.81. The van der Waals surface area contributed by atoms with Gasteiger partial charge in [-0.1, -0.05) is 23.7 Å². The number of hydrogen-bond donors (Lipinski definition) is 1. The van der Waals surface area contributed by atoms with E-state index in [2.05, 4.69) is 5.10 Å². The van der Waals surface area contributed by atoms with Crippen LogP contribution in [0.1, 0.15) is 36.9 Å². The minimum absolute atomic E-state index is 0.103. The zero-order chi connectivity index (χ0) is 15.6. The van der Waals surface area contributed by atoms with E-state index in [1.165, 1.54) is 0 Å². The Bertz CT molecular complexity index is 623. The highest BCUT2D eigenvalue weighted by molar-refractivity contribution is 6.31. The number of hydrogen-bond acceptors (Lipinski definition) is 3. The van der Waals surface area contributed by atoms with Crippen molar-refractivity contribution in [2.45, 2.75) is 39.4 Å². The van der Waals surface area contributed by atoms with E-state index < -0.39 is 6.10 Å². The third kappa shape index (κ3) is 3.77. The van der Waals surface area contributed by atoms with Crippen molar-refractivity contribution in [3.63, 3.8) is 0 Å². The summed E-state index contributed by atoms with van der Waals surface area (Å²) in [5.74, 6) is 0.758. The van der Waals surface area contributed by atoms with Gasteiger partial charge in [0.1, 0.15) is 5.75 Å². The molecule has 21 heavy (non-hydrogen) atoms. The van der Waals surface area contributed by atoms with Gasteiger partial charge in [0.25, 0.3) is 0 Å². The summed E-state index contributed by atoms with van der Waals surface area (Å²) in [4.78, 5) is 0. The van der Waals surface area contributed by atoms with Crippen LogP contribution in [0.2, 0.25) is 5.02 Å². The predicted molar refractivity (Wildman–Crippen MR) is 83.8 cm³/mol. The van der Waals surface area contributed by atoms with Crippen molar-refractivity contribution in [1.82, 2.24) is 9.78 Å². The lowest BCUT2D eigenvalue weighted by Crippen LogP contribution is -2.08. The lowest BCUT2D eigenvalue weighted by atomic mass is 10.0. The fourth-order valence-corrected chi connectivity index (χ4v) is 2.51. The molecular formula is C16H21ClN2O2. The van der Waals surface area contributed by atoms with Gasteiger partial charge in [-0.3, -0.25) is 4.68 Å². The number of ether oxygens (including phenoxy) is 1. The molecular weight excluding hydrogens is 288 g/mol. The SMILES string of the molecule is Cc1nn(C)c(CC(O)c2cccc(OC(C)C)c2)c1Cl. The third-order valence-corrected chi connectivity index (χ3v) is 3.75. The summed E-state index contributed by atoms with van der Waals surface area (Å²) >= 11 is 6.23. The zero-order valence-corrected chi connectivity index (χ0v) is 13.6. The first-order chi connectivity index (χ1) is 9.88. The number of rotatable bonds is 5. The predicted octanol–water partition coefficient (Wildman–Crippen LogP) is 3.45. The molecule has 1 N–H and O–H groups in total. The summed E-state index contributed by atoms with van der Waals surface area (Å²) in [6, 6.07) is 7.51. The van der Waals surface area contributed by atoms with Gasteiger partial charge in [0.15, 0.2) is 0 Å². The average Bonchev–Trinajstić information content (AvgIpc) is 2.65. The van der Waals surface area contributed by atoms with Crippen LogP contribution in [-0.4, -0.2) is 21.0 Å². The highest BCUT2D eigenvalue weighted by Gasteiger charge is 2.17.